The largest absolute Gasteiger partial charge is 0.497 e. The number of benzene rings is 2. The minimum Gasteiger partial charge on any atom is -0.497 e. The van der Waals surface area contributed by atoms with E-state index in [1.165, 1.54) is 5.56 Å². The molecule has 0 aromatic heterocycles. The van der Waals surface area contributed by atoms with Crippen LogP contribution < -0.4 is 14.8 Å². The zero-order valence-corrected chi connectivity index (χ0v) is 12.9. The van der Waals surface area contributed by atoms with Crippen LogP contribution in [0.3, 0.4) is 0 Å². The van der Waals surface area contributed by atoms with Gasteiger partial charge in [0, 0.05) is 11.8 Å². The maximum absolute atomic E-state index is 6.00. The van der Waals surface area contributed by atoms with Crippen LogP contribution in [0, 0.1) is 6.92 Å². The van der Waals surface area contributed by atoms with E-state index in [1.54, 1.807) is 7.11 Å². The molecule has 0 aliphatic carbocycles. The Morgan fingerprint density at radius 1 is 1.05 bits per heavy atom. The van der Waals surface area contributed by atoms with E-state index in [9.17, 15) is 0 Å². The van der Waals surface area contributed by atoms with Crippen LogP contribution in [-0.4, -0.2) is 19.8 Å². The number of nitrogens with one attached hydrogen (secondary N) is 1. The first-order valence-corrected chi connectivity index (χ1v) is 7.32. The molecule has 0 saturated heterocycles. The Morgan fingerprint density at radius 2 is 1.81 bits per heavy atom. The number of rotatable bonds is 7. The van der Waals surface area contributed by atoms with E-state index in [0.717, 1.165) is 30.2 Å². The molecule has 2 aromatic rings. The number of anilines is 1. The van der Waals surface area contributed by atoms with Crippen molar-refractivity contribution in [1.29, 1.82) is 0 Å². The summed E-state index contributed by atoms with van der Waals surface area (Å²) in [6.07, 6.45) is 1.09. The smallest absolute Gasteiger partial charge is 0.120 e. The van der Waals surface area contributed by atoms with Gasteiger partial charge in [-0.25, -0.2) is 0 Å². The highest BCUT2D eigenvalue weighted by molar-refractivity contribution is 5.48. The van der Waals surface area contributed by atoms with Crippen molar-refractivity contribution in [2.24, 2.45) is 0 Å². The molecule has 0 fully saturated rings. The molecule has 1 N–H and O–H groups in total. The summed E-state index contributed by atoms with van der Waals surface area (Å²) in [4.78, 5) is 0. The number of hydrogen-bond donors (Lipinski definition) is 1. The van der Waals surface area contributed by atoms with Gasteiger partial charge in [-0.05, 0) is 37.6 Å². The summed E-state index contributed by atoms with van der Waals surface area (Å²) in [5, 5.41) is 3.40. The molecule has 0 spiro atoms. The third-order valence-electron chi connectivity index (χ3n) is 3.38. The van der Waals surface area contributed by atoms with Gasteiger partial charge in [-0.3, -0.25) is 0 Å². The third-order valence-corrected chi connectivity index (χ3v) is 3.38. The molecule has 0 radical (unpaired) electrons. The molecular weight excluding hydrogens is 262 g/mol. The Bertz CT molecular complexity index is 551. The predicted octanol–water partition coefficient (Wildman–Crippen LogP) is 4.27. The lowest BCUT2D eigenvalue weighted by molar-refractivity contribution is 0.210. The molecule has 21 heavy (non-hydrogen) atoms. The molecule has 0 heterocycles. The predicted molar refractivity (Wildman–Crippen MR) is 87.4 cm³/mol. The van der Waals surface area contributed by atoms with Crippen molar-refractivity contribution in [2.75, 3.05) is 19.0 Å². The number of aryl methyl sites for hydroxylation is 1. The molecule has 0 bridgehead atoms. The SMILES string of the molecule is CCC(CNc1cccc(OC)c1)Oc1ccc(C)cc1. The number of hydrogen-bond acceptors (Lipinski definition) is 3. The van der Waals surface area contributed by atoms with E-state index in [-0.39, 0.29) is 6.10 Å². The van der Waals surface area contributed by atoms with Gasteiger partial charge in [0.05, 0.1) is 13.7 Å². The summed E-state index contributed by atoms with van der Waals surface area (Å²) in [5.41, 5.74) is 2.28. The summed E-state index contributed by atoms with van der Waals surface area (Å²) < 4.78 is 11.2. The molecule has 1 atom stereocenters. The molecular formula is C18H23NO2. The first-order valence-electron chi connectivity index (χ1n) is 7.32. The van der Waals surface area contributed by atoms with Gasteiger partial charge in [0.2, 0.25) is 0 Å². The van der Waals surface area contributed by atoms with Crippen LogP contribution in [0.5, 0.6) is 11.5 Å². The van der Waals surface area contributed by atoms with Crippen molar-refractivity contribution in [3.63, 3.8) is 0 Å². The van der Waals surface area contributed by atoms with Gasteiger partial charge in [0.25, 0.3) is 0 Å². The summed E-state index contributed by atoms with van der Waals surface area (Å²) >= 11 is 0. The van der Waals surface area contributed by atoms with Crippen LogP contribution in [0.1, 0.15) is 18.9 Å². The minimum absolute atomic E-state index is 0.138. The second-order valence-corrected chi connectivity index (χ2v) is 5.07. The molecule has 1 unspecified atom stereocenters. The monoisotopic (exact) mass is 285 g/mol. The third kappa shape index (κ3) is 4.71. The zero-order valence-electron chi connectivity index (χ0n) is 12.9. The first-order chi connectivity index (χ1) is 10.2. The van der Waals surface area contributed by atoms with Gasteiger partial charge in [-0.15, -0.1) is 0 Å². The maximum Gasteiger partial charge on any atom is 0.120 e. The molecule has 2 aromatic carbocycles. The van der Waals surface area contributed by atoms with E-state index >= 15 is 0 Å². The number of methoxy groups -OCH3 is 1. The van der Waals surface area contributed by atoms with E-state index in [4.69, 9.17) is 9.47 Å². The summed E-state index contributed by atoms with van der Waals surface area (Å²) in [6.45, 7) is 4.97. The fourth-order valence-electron chi connectivity index (χ4n) is 2.04. The Balaban J connectivity index is 1.91. The normalized spacial score (nSPS) is 11.8. The Labute approximate surface area is 126 Å². The molecule has 0 saturated carbocycles. The first kappa shape index (κ1) is 15.2. The quantitative estimate of drug-likeness (QED) is 0.824. The summed E-state index contributed by atoms with van der Waals surface area (Å²) in [6, 6.07) is 16.1. The van der Waals surface area contributed by atoms with Gasteiger partial charge in [0.1, 0.15) is 17.6 Å². The minimum atomic E-state index is 0.138. The molecule has 3 heteroatoms. The van der Waals surface area contributed by atoms with Crippen LogP contribution >= 0.6 is 0 Å². The standard InChI is InChI=1S/C18H23NO2/c1-4-16(21-17-10-8-14(2)9-11-17)13-19-15-6-5-7-18(12-15)20-3/h5-12,16,19H,4,13H2,1-3H3. The average Bonchev–Trinajstić information content (AvgIpc) is 2.53. The molecule has 0 aliphatic rings. The summed E-state index contributed by atoms with van der Waals surface area (Å²) in [5.74, 6) is 1.77. The van der Waals surface area contributed by atoms with Gasteiger partial charge in [-0.1, -0.05) is 30.7 Å². The molecule has 2 rings (SSSR count). The van der Waals surface area contributed by atoms with Gasteiger partial charge in [-0.2, -0.15) is 0 Å². The summed E-state index contributed by atoms with van der Waals surface area (Å²) in [7, 11) is 1.68. The fraction of sp³-hybridized carbons (Fsp3) is 0.333. The van der Waals surface area contributed by atoms with E-state index in [1.807, 2.05) is 36.4 Å². The lowest BCUT2D eigenvalue weighted by Crippen LogP contribution is -2.25. The van der Waals surface area contributed by atoms with Crippen LogP contribution in [0.15, 0.2) is 48.5 Å². The Kier molecular flexibility index (Phi) is 5.50. The molecule has 0 aliphatic heterocycles. The Morgan fingerprint density at radius 3 is 2.48 bits per heavy atom. The zero-order chi connectivity index (χ0) is 15.1. The van der Waals surface area contributed by atoms with Crippen molar-refractivity contribution in [2.45, 2.75) is 26.4 Å². The van der Waals surface area contributed by atoms with Crippen LogP contribution in [0.25, 0.3) is 0 Å². The number of ether oxygens (including phenoxy) is 2. The second kappa shape index (κ2) is 7.58. The highest BCUT2D eigenvalue weighted by Gasteiger charge is 2.08. The fourth-order valence-corrected chi connectivity index (χ4v) is 2.04. The highest BCUT2D eigenvalue weighted by Crippen LogP contribution is 2.18. The average molecular weight is 285 g/mol. The van der Waals surface area contributed by atoms with Crippen LogP contribution in [0.4, 0.5) is 5.69 Å². The van der Waals surface area contributed by atoms with E-state index < -0.39 is 0 Å². The lowest BCUT2D eigenvalue weighted by atomic mass is 10.2. The van der Waals surface area contributed by atoms with Gasteiger partial charge < -0.3 is 14.8 Å². The Hall–Kier alpha value is -2.16. The van der Waals surface area contributed by atoms with Crippen LogP contribution in [-0.2, 0) is 0 Å². The topological polar surface area (TPSA) is 30.5 Å². The highest BCUT2D eigenvalue weighted by atomic mass is 16.5. The van der Waals surface area contributed by atoms with Crippen molar-refractivity contribution < 1.29 is 9.47 Å². The molecule has 0 amide bonds. The van der Waals surface area contributed by atoms with Crippen molar-refractivity contribution in [3.05, 3.63) is 54.1 Å². The van der Waals surface area contributed by atoms with E-state index in [0.29, 0.717) is 0 Å². The van der Waals surface area contributed by atoms with Crippen LogP contribution in [0.2, 0.25) is 0 Å². The molecule has 112 valence electrons. The lowest BCUT2D eigenvalue weighted by Gasteiger charge is -2.19. The van der Waals surface area contributed by atoms with Crippen molar-refractivity contribution in [3.8, 4) is 11.5 Å². The molecule has 3 nitrogen and oxygen atoms in total. The maximum atomic E-state index is 6.00. The van der Waals surface area contributed by atoms with E-state index in [2.05, 4.69) is 31.3 Å². The van der Waals surface area contributed by atoms with Gasteiger partial charge >= 0.3 is 0 Å². The van der Waals surface area contributed by atoms with Gasteiger partial charge in [0.15, 0.2) is 0 Å². The van der Waals surface area contributed by atoms with Crippen molar-refractivity contribution in [1.82, 2.24) is 0 Å². The second-order valence-electron chi connectivity index (χ2n) is 5.07. The van der Waals surface area contributed by atoms with Crippen molar-refractivity contribution >= 4 is 5.69 Å².